The van der Waals surface area contributed by atoms with Crippen molar-refractivity contribution in [1.29, 1.82) is 0 Å². The number of rotatable bonds is 5. The molecule has 140 valence electrons. The fourth-order valence-corrected chi connectivity index (χ4v) is 3.08. The lowest BCUT2D eigenvalue weighted by molar-refractivity contribution is 0.102. The zero-order valence-corrected chi connectivity index (χ0v) is 16.2. The molecule has 3 aromatic rings. The van der Waals surface area contributed by atoms with Gasteiger partial charge in [0.2, 0.25) is 5.43 Å². The highest BCUT2D eigenvalue weighted by molar-refractivity contribution is 6.05. The second-order valence-corrected chi connectivity index (χ2v) is 7.12. The Balaban J connectivity index is 2.00. The molecule has 3 rings (SSSR count). The number of amides is 1. The number of aromatic nitrogens is 2. The Morgan fingerprint density at radius 1 is 1.15 bits per heavy atom. The number of hydrogen-bond donors (Lipinski definition) is 1. The fourth-order valence-electron chi connectivity index (χ4n) is 3.08. The van der Waals surface area contributed by atoms with Crippen molar-refractivity contribution in [3.63, 3.8) is 0 Å². The third-order valence-corrected chi connectivity index (χ3v) is 4.60. The van der Waals surface area contributed by atoms with Crippen LogP contribution in [0.2, 0.25) is 0 Å². The van der Waals surface area contributed by atoms with Crippen LogP contribution in [-0.4, -0.2) is 15.5 Å². The lowest BCUT2D eigenvalue weighted by Gasteiger charge is -2.13. The van der Waals surface area contributed by atoms with Gasteiger partial charge in [-0.1, -0.05) is 32.9 Å². The summed E-state index contributed by atoms with van der Waals surface area (Å²) < 4.78 is 1.89. The van der Waals surface area contributed by atoms with Crippen LogP contribution < -0.4 is 10.7 Å². The maximum absolute atomic E-state index is 12.9. The van der Waals surface area contributed by atoms with Crippen molar-refractivity contribution in [2.75, 3.05) is 5.32 Å². The first-order valence-corrected chi connectivity index (χ1v) is 9.32. The summed E-state index contributed by atoms with van der Waals surface area (Å²) in [5.41, 5.74) is 3.18. The Hall–Kier alpha value is -2.95. The Morgan fingerprint density at radius 2 is 1.85 bits per heavy atom. The molecule has 0 fully saturated rings. The minimum absolute atomic E-state index is 0.134. The molecule has 0 unspecified atom stereocenters. The number of aryl methyl sites for hydroxylation is 2. The van der Waals surface area contributed by atoms with Crippen molar-refractivity contribution in [1.82, 2.24) is 9.55 Å². The number of pyridine rings is 2. The number of hydrogen-bond acceptors (Lipinski definition) is 3. The summed E-state index contributed by atoms with van der Waals surface area (Å²) in [6, 6.07) is 11.3. The van der Waals surface area contributed by atoms with Crippen molar-refractivity contribution in [2.24, 2.45) is 0 Å². The van der Waals surface area contributed by atoms with Crippen molar-refractivity contribution < 1.29 is 4.79 Å². The van der Waals surface area contributed by atoms with Crippen LogP contribution in [0.3, 0.4) is 0 Å². The average Bonchev–Trinajstić information content (AvgIpc) is 2.64. The molecular weight excluding hydrogens is 338 g/mol. The summed E-state index contributed by atoms with van der Waals surface area (Å²) in [7, 11) is 0. The molecule has 2 heterocycles. The zero-order chi connectivity index (χ0) is 19.6. The topological polar surface area (TPSA) is 64.0 Å². The lowest BCUT2D eigenvalue weighted by atomic mass is 10.0. The highest BCUT2D eigenvalue weighted by Crippen LogP contribution is 2.18. The number of benzene rings is 1. The molecule has 0 aliphatic heterocycles. The van der Waals surface area contributed by atoms with Crippen LogP contribution in [0, 0.1) is 6.92 Å². The lowest BCUT2D eigenvalue weighted by Crippen LogP contribution is -2.24. The SMILES string of the molecule is CCCn1cc(C(=O)Nc2ccc(C(C)C)cc2)c(=O)c2ccc(C)nc21. The second-order valence-electron chi connectivity index (χ2n) is 7.12. The van der Waals surface area contributed by atoms with Crippen LogP contribution in [0.25, 0.3) is 11.0 Å². The van der Waals surface area contributed by atoms with E-state index in [1.54, 1.807) is 18.3 Å². The first-order valence-electron chi connectivity index (χ1n) is 9.32. The van der Waals surface area contributed by atoms with E-state index in [1.807, 2.05) is 35.8 Å². The van der Waals surface area contributed by atoms with E-state index in [4.69, 9.17) is 0 Å². The molecular formula is C22H25N3O2. The predicted octanol–water partition coefficient (Wildman–Crippen LogP) is 4.49. The van der Waals surface area contributed by atoms with Gasteiger partial charge in [-0.3, -0.25) is 9.59 Å². The molecule has 0 saturated carbocycles. The van der Waals surface area contributed by atoms with Crippen LogP contribution in [0.4, 0.5) is 5.69 Å². The van der Waals surface area contributed by atoms with Crippen molar-refractivity contribution in [3.05, 3.63) is 69.6 Å². The van der Waals surface area contributed by atoms with E-state index in [0.717, 1.165) is 12.1 Å². The van der Waals surface area contributed by atoms with Crippen LogP contribution in [-0.2, 0) is 6.54 Å². The van der Waals surface area contributed by atoms with Gasteiger partial charge in [0.25, 0.3) is 5.91 Å². The number of fused-ring (bicyclic) bond motifs is 1. The summed E-state index contributed by atoms with van der Waals surface area (Å²) in [6.07, 6.45) is 2.50. The smallest absolute Gasteiger partial charge is 0.261 e. The maximum Gasteiger partial charge on any atom is 0.261 e. The van der Waals surface area contributed by atoms with Crippen molar-refractivity contribution >= 4 is 22.6 Å². The first-order chi connectivity index (χ1) is 12.9. The summed E-state index contributed by atoms with van der Waals surface area (Å²) in [6.45, 7) is 8.87. The number of nitrogens with zero attached hydrogens (tertiary/aromatic N) is 2. The predicted molar refractivity (Wildman–Crippen MR) is 110 cm³/mol. The minimum Gasteiger partial charge on any atom is -0.331 e. The number of anilines is 1. The van der Waals surface area contributed by atoms with Crippen molar-refractivity contribution in [2.45, 2.75) is 46.6 Å². The van der Waals surface area contributed by atoms with E-state index in [-0.39, 0.29) is 11.0 Å². The van der Waals surface area contributed by atoms with Crippen LogP contribution in [0.15, 0.2) is 47.4 Å². The highest BCUT2D eigenvalue weighted by Gasteiger charge is 2.16. The van der Waals surface area contributed by atoms with Gasteiger partial charge in [0.15, 0.2) is 0 Å². The van der Waals surface area contributed by atoms with Gasteiger partial charge in [0, 0.05) is 24.1 Å². The second kappa shape index (κ2) is 7.74. The first kappa shape index (κ1) is 18.8. The van der Waals surface area contributed by atoms with Gasteiger partial charge in [0.1, 0.15) is 11.2 Å². The quantitative estimate of drug-likeness (QED) is 0.726. The van der Waals surface area contributed by atoms with Gasteiger partial charge >= 0.3 is 0 Å². The monoisotopic (exact) mass is 363 g/mol. The molecule has 0 radical (unpaired) electrons. The van der Waals surface area contributed by atoms with Gasteiger partial charge in [0.05, 0.1) is 5.39 Å². The molecule has 1 N–H and O–H groups in total. The van der Waals surface area contributed by atoms with Gasteiger partial charge < -0.3 is 9.88 Å². The molecule has 1 aromatic carbocycles. The van der Waals surface area contributed by atoms with Crippen molar-refractivity contribution in [3.8, 4) is 0 Å². The Labute approximate surface area is 159 Å². The molecule has 0 aliphatic rings. The van der Waals surface area contributed by atoms with E-state index < -0.39 is 5.91 Å². The van der Waals surface area contributed by atoms with Gasteiger partial charge in [-0.05, 0) is 49.1 Å². The Kier molecular flexibility index (Phi) is 5.40. The molecule has 5 nitrogen and oxygen atoms in total. The van der Waals surface area contributed by atoms with E-state index in [2.05, 4.69) is 31.1 Å². The molecule has 0 saturated heterocycles. The van der Waals surface area contributed by atoms with Crippen LogP contribution >= 0.6 is 0 Å². The third-order valence-electron chi connectivity index (χ3n) is 4.60. The molecule has 0 atom stereocenters. The van der Waals surface area contributed by atoms with E-state index in [0.29, 0.717) is 29.2 Å². The number of carbonyl (C=O) groups excluding carboxylic acids is 1. The Bertz CT molecular complexity index is 1030. The molecule has 2 aromatic heterocycles. The standard InChI is InChI=1S/C22H25N3O2/c1-5-12-25-13-19(20(26)18-11-6-15(4)23-21(18)25)22(27)24-17-9-7-16(8-10-17)14(2)3/h6-11,13-14H,5,12H2,1-4H3,(H,24,27). The fraction of sp³-hybridized carbons (Fsp3) is 0.318. The summed E-state index contributed by atoms with van der Waals surface area (Å²) >= 11 is 0. The average molecular weight is 363 g/mol. The normalized spacial score (nSPS) is 11.1. The third kappa shape index (κ3) is 3.92. The van der Waals surface area contributed by atoms with E-state index >= 15 is 0 Å². The number of carbonyl (C=O) groups is 1. The van der Waals surface area contributed by atoms with Crippen LogP contribution in [0.1, 0.15) is 54.7 Å². The van der Waals surface area contributed by atoms with E-state index in [1.165, 1.54) is 5.56 Å². The van der Waals surface area contributed by atoms with Gasteiger partial charge in [-0.15, -0.1) is 0 Å². The minimum atomic E-state index is -0.398. The summed E-state index contributed by atoms with van der Waals surface area (Å²) in [4.78, 5) is 30.1. The van der Waals surface area contributed by atoms with Gasteiger partial charge in [-0.2, -0.15) is 0 Å². The molecule has 0 aliphatic carbocycles. The molecule has 0 spiro atoms. The van der Waals surface area contributed by atoms with Gasteiger partial charge in [-0.25, -0.2) is 4.98 Å². The summed E-state index contributed by atoms with van der Waals surface area (Å²) in [5, 5.41) is 3.31. The molecule has 5 heteroatoms. The molecule has 0 bridgehead atoms. The van der Waals surface area contributed by atoms with Crippen LogP contribution in [0.5, 0.6) is 0 Å². The molecule has 1 amide bonds. The maximum atomic E-state index is 12.9. The molecule has 27 heavy (non-hydrogen) atoms. The van der Waals surface area contributed by atoms with E-state index in [9.17, 15) is 9.59 Å². The Morgan fingerprint density at radius 3 is 2.48 bits per heavy atom. The zero-order valence-electron chi connectivity index (χ0n) is 16.2. The largest absolute Gasteiger partial charge is 0.331 e. The number of nitrogens with one attached hydrogen (secondary N) is 1. The summed E-state index contributed by atoms with van der Waals surface area (Å²) in [5.74, 6) is 0.0251. The highest BCUT2D eigenvalue weighted by atomic mass is 16.2.